The van der Waals surface area contributed by atoms with Crippen molar-refractivity contribution in [2.75, 3.05) is 0 Å². The van der Waals surface area contributed by atoms with Gasteiger partial charge < -0.3 is 10.3 Å². The molecule has 25 heavy (non-hydrogen) atoms. The molecule has 0 aliphatic heterocycles. The van der Waals surface area contributed by atoms with Gasteiger partial charge in [-0.1, -0.05) is 38.3 Å². The number of rotatable bonds is 7. The van der Waals surface area contributed by atoms with E-state index in [1.165, 1.54) is 24.3 Å². The standard InChI is InChI=1S/C20H22FN3O/c1-2-3-4-9-18(19-22-16-7-5-6-8-17(16)23-19)24-20(25)14-10-12-15(21)13-11-14/h5-8,10-13,18H,2-4,9H2,1H3,(H,22,23)(H,24,25)/t18-/m0/s1. The molecular formula is C20H22FN3O. The van der Waals surface area contributed by atoms with Crippen LogP contribution < -0.4 is 5.32 Å². The molecule has 1 aromatic heterocycles. The summed E-state index contributed by atoms with van der Waals surface area (Å²) in [6, 6.07) is 13.2. The lowest BCUT2D eigenvalue weighted by molar-refractivity contribution is 0.0932. The number of hydrogen-bond donors (Lipinski definition) is 2. The Bertz CT molecular complexity index is 809. The zero-order valence-corrected chi connectivity index (χ0v) is 14.3. The Labute approximate surface area is 146 Å². The van der Waals surface area contributed by atoms with Crippen molar-refractivity contribution in [3.05, 3.63) is 65.7 Å². The maximum absolute atomic E-state index is 13.1. The molecule has 3 rings (SSSR count). The van der Waals surface area contributed by atoms with E-state index in [2.05, 4.69) is 22.2 Å². The van der Waals surface area contributed by atoms with Crippen molar-refractivity contribution in [1.29, 1.82) is 0 Å². The van der Waals surface area contributed by atoms with E-state index < -0.39 is 0 Å². The van der Waals surface area contributed by atoms with Crippen molar-refractivity contribution >= 4 is 16.9 Å². The molecule has 0 radical (unpaired) electrons. The first-order chi connectivity index (χ1) is 12.2. The van der Waals surface area contributed by atoms with Crippen LogP contribution in [0.3, 0.4) is 0 Å². The van der Waals surface area contributed by atoms with Crippen molar-refractivity contribution in [2.24, 2.45) is 0 Å². The number of nitrogens with one attached hydrogen (secondary N) is 2. The van der Waals surface area contributed by atoms with Crippen LogP contribution in [0.15, 0.2) is 48.5 Å². The molecule has 0 aliphatic carbocycles. The van der Waals surface area contributed by atoms with Crippen LogP contribution in [0.2, 0.25) is 0 Å². The molecule has 0 spiro atoms. The van der Waals surface area contributed by atoms with Gasteiger partial charge in [0.25, 0.3) is 5.91 Å². The van der Waals surface area contributed by atoms with Crippen LogP contribution in [0.1, 0.15) is 54.8 Å². The second-order valence-electron chi connectivity index (χ2n) is 6.17. The fourth-order valence-electron chi connectivity index (χ4n) is 2.86. The Hall–Kier alpha value is -2.69. The first-order valence-electron chi connectivity index (χ1n) is 8.68. The van der Waals surface area contributed by atoms with Gasteiger partial charge in [0.05, 0.1) is 17.1 Å². The van der Waals surface area contributed by atoms with E-state index in [1.54, 1.807) is 0 Å². The third-order valence-electron chi connectivity index (χ3n) is 4.25. The number of benzene rings is 2. The molecular weight excluding hydrogens is 317 g/mol. The molecule has 0 saturated heterocycles. The van der Waals surface area contributed by atoms with Crippen LogP contribution in [-0.4, -0.2) is 15.9 Å². The Balaban J connectivity index is 1.80. The van der Waals surface area contributed by atoms with Crippen molar-refractivity contribution in [2.45, 2.75) is 38.6 Å². The molecule has 0 fully saturated rings. The van der Waals surface area contributed by atoms with E-state index in [1.807, 2.05) is 24.3 Å². The largest absolute Gasteiger partial charge is 0.342 e. The van der Waals surface area contributed by atoms with E-state index in [0.29, 0.717) is 5.56 Å². The number of imidazole rings is 1. The van der Waals surface area contributed by atoms with Crippen LogP contribution in [-0.2, 0) is 0 Å². The quantitative estimate of drug-likeness (QED) is 0.610. The molecule has 1 atom stereocenters. The Morgan fingerprint density at radius 3 is 2.64 bits per heavy atom. The first-order valence-corrected chi connectivity index (χ1v) is 8.68. The third-order valence-corrected chi connectivity index (χ3v) is 4.25. The summed E-state index contributed by atoms with van der Waals surface area (Å²) in [6.45, 7) is 2.15. The van der Waals surface area contributed by atoms with Gasteiger partial charge in [-0.3, -0.25) is 4.79 Å². The molecule has 0 bridgehead atoms. The van der Waals surface area contributed by atoms with Gasteiger partial charge in [-0.05, 0) is 42.8 Å². The van der Waals surface area contributed by atoms with Crippen LogP contribution in [0, 0.1) is 5.82 Å². The lowest BCUT2D eigenvalue weighted by Crippen LogP contribution is -2.29. The predicted molar refractivity (Wildman–Crippen MR) is 96.8 cm³/mol. The summed E-state index contributed by atoms with van der Waals surface area (Å²) in [5, 5.41) is 3.03. The number of aromatic amines is 1. The molecule has 0 unspecified atom stereocenters. The zero-order chi connectivity index (χ0) is 17.6. The molecule has 130 valence electrons. The number of hydrogen-bond acceptors (Lipinski definition) is 2. The SMILES string of the molecule is CCCCC[C@H](NC(=O)c1ccc(F)cc1)c1nc2ccccc2[nH]1. The van der Waals surface area contributed by atoms with Gasteiger partial charge in [0.1, 0.15) is 11.6 Å². The van der Waals surface area contributed by atoms with Gasteiger partial charge in [0.2, 0.25) is 0 Å². The molecule has 0 saturated carbocycles. The molecule has 1 amide bonds. The number of para-hydroxylation sites is 2. The van der Waals surface area contributed by atoms with E-state index >= 15 is 0 Å². The lowest BCUT2D eigenvalue weighted by Gasteiger charge is -2.16. The summed E-state index contributed by atoms with van der Waals surface area (Å²) in [7, 11) is 0. The highest BCUT2D eigenvalue weighted by Crippen LogP contribution is 2.21. The smallest absolute Gasteiger partial charge is 0.251 e. The van der Waals surface area contributed by atoms with E-state index in [9.17, 15) is 9.18 Å². The minimum absolute atomic E-state index is 0.198. The van der Waals surface area contributed by atoms with Crippen LogP contribution in [0.4, 0.5) is 4.39 Å². The van der Waals surface area contributed by atoms with Gasteiger partial charge in [-0.15, -0.1) is 0 Å². The first kappa shape index (κ1) is 17.1. The molecule has 0 aliphatic rings. The number of nitrogens with zero attached hydrogens (tertiary/aromatic N) is 1. The molecule has 3 aromatic rings. The van der Waals surface area contributed by atoms with Crippen molar-refractivity contribution in [1.82, 2.24) is 15.3 Å². The van der Waals surface area contributed by atoms with Gasteiger partial charge in [0, 0.05) is 5.56 Å². The maximum Gasteiger partial charge on any atom is 0.251 e. The average Bonchev–Trinajstić information content (AvgIpc) is 3.05. The number of unbranched alkanes of at least 4 members (excludes halogenated alkanes) is 2. The topological polar surface area (TPSA) is 57.8 Å². The monoisotopic (exact) mass is 339 g/mol. The second kappa shape index (κ2) is 7.92. The highest BCUT2D eigenvalue weighted by atomic mass is 19.1. The van der Waals surface area contributed by atoms with E-state index in [-0.39, 0.29) is 17.8 Å². The van der Waals surface area contributed by atoms with E-state index in [4.69, 9.17) is 0 Å². The number of H-pyrrole nitrogens is 1. The van der Waals surface area contributed by atoms with Crippen molar-refractivity contribution < 1.29 is 9.18 Å². The molecule has 5 heteroatoms. The zero-order valence-electron chi connectivity index (χ0n) is 14.3. The van der Waals surface area contributed by atoms with Gasteiger partial charge in [-0.2, -0.15) is 0 Å². The van der Waals surface area contributed by atoms with Gasteiger partial charge in [0.15, 0.2) is 0 Å². The third kappa shape index (κ3) is 4.24. The average molecular weight is 339 g/mol. The van der Waals surface area contributed by atoms with E-state index in [0.717, 1.165) is 42.5 Å². The Morgan fingerprint density at radius 1 is 1.16 bits per heavy atom. The maximum atomic E-state index is 13.1. The number of amides is 1. The summed E-state index contributed by atoms with van der Waals surface area (Å²) in [6.07, 6.45) is 4.02. The summed E-state index contributed by atoms with van der Waals surface area (Å²) in [5.74, 6) is 0.183. The normalized spacial score (nSPS) is 12.2. The number of carbonyl (C=O) groups excluding carboxylic acids is 1. The number of fused-ring (bicyclic) bond motifs is 1. The van der Waals surface area contributed by atoms with Crippen molar-refractivity contribution in [3.63, 3.8) is 0 Å². The molecule has 4 nitrogen and oxygen atoms in total. The number of aromatic nitrogens is 2. The summed E-state index contributed by atoms with van der Waals surface area (Å²) < 4.78 is 13.1. The van der Waals surface area contributed by atoms with Gasteiger partial charge in [-0.25, -0.2) is 9.37 Å². The second-order valence-corrected chi connectivity index (χ2v) is 6.17. The van der Waals surface area contributed by atoms with Crippen LogP contribution in [0.5, 0.6) is 0 Å². The summed E-state index contributed by atoms with van der Waals surface area (Å²) in [4.78, 5) is 20.4. The minimum atomic E-state index is -0.353. The number of halogens is 1. The Kier molecular flexibility index (Phi) is 5.43. The van der Waals surface area contributed by atoms with Crippen LogP contribution >= 0.6 is 0 Å². The fraction of sp³-hybridized carbons (Fsp3) is 0.300. The number of carbonyl (C=O) groups is 1. The lowest BCUT2D eigenvalue weighted by atomic mass is 10.1. The highest BCUT2D eigenvalue weighted by molar-refractivity contribution is 5.94. The fourth-order valence-corrected chi connectivity index (χ4v) is 2.86. The van der Waals surface area contributed by atoms with Crippen LogP contribution in [0.25, 0.3) is 11.0 Å². The summed E-state index contributed by atoms with van der Waals surface area (Å²) in [5.41, 5.74) is 2.28. The predicted octanol–water partition coefficient (Wildman–Crippen LogP) is 4.75. The minimum Gasteiger partial charge on any atom is -0.342 e. The molecule has 2 aromatic carbocycles. The van der Waals surface area contributed by atoms with Crippen molar-refractivity contribution in [3.8, 4) is 0 Å². The molecule has 2 N–H and O–H groups in total. The molecule has 1 heterocycles. The summed E-state index contributed by atoms with van der Waals surface area (Å²) >= 11 is 0. The Morgan fingerprint density at radius 2 is 1.92 bits per heavy atom. The highest BCUT2D eigenvalue weighted by Gasteiger charge is 2.19. The van der Waals surface area contributed by atoms with Gasteiger partial charge >= 0.3 is 0 Å².